The van der Waals surface area contributed by atoms with Gasteiger partial charge in [0.2, 0.25) is 0 Å². The Balaban J connectivity index is 1.35. The smallest absolute Gasteiger partial charge is 0.276 e. The van der Waals surface area contributed by atoms with Crippen LogP contribution in [-0.2, 0) is 13.1 Å². The topological polar surface area (TPSA) is 74.5 Å². The lowest BCUT2D eigenvalue weighted by Crippen LogP contribution is -2.36. The van der Waals surface area contributed by atoms with Crippen molar-refractivity contribution in [3.05, 3.63) is 40.7 Å². The van der Waals surface area contributed by atoms with Crippen molar-refractivity contribution in [2.24, 2.45) is 5.92 Å². The van der Waals surface area contributed by atoms with E-state index < -0.39 is 0 Å². The highest BCUT2D eigenvalue weighted by molar-refractivity contribution is 6.30. The maximum Gasteiger partial charge on any atom is 0.276 e. The monoisotopic (exact) mass is 403 g/mol. The van der Waals surface area contributed by atoms with Crippen LogP contribution in [0.3, 0.4) is 0 Å². The van der Waals surface area contributed by atoms with E-state index in [4.69, 9.17) is 11.6 Å². The van der Waals surface area contributed by atoms with Gasteiger partial charge in [0, 0.05) is 43.3 Å². The summed E-state index contributed by atoms with van der Waals surface area (Å²) in [6, 6.07) is 5.17. The second-order valence-corrected chi connectivity index (χ2v) is 8.28. The summed E-state index contributed by atoms with van der Waals surface area (Å²) in [4.78, 5) is 16.6. The number of likely N-dealkylation sites (tertiary alicyclic amines) is 2. The number of aromatic hydroxyl groups is 1. The van der Waals surface area contributed by atoms with Crippen molar-refractivity contribution in [1.29, 1.82) is 0 Å². The Morgan fingerprint density at radius 2 is 2.04 bits per heavy atom. The number of amides is 1. The first kappa shape index (κ1) is 19.2. The van der Waals surface area contributed by atoms with Crippen LogP contribution in [0.1, 0.15) is 41.7 Å². The third-order valence-corrected chi connectivity index (χ3v) is 5.87. The van der Waals surface area contributed by atoms with Crippen molar-refractivity contribution in [3.63, 3.8) is 0 Å². The molecule has 1 amide bonds. The first-order chi connectivity index (χ1) is 13.6. The van der Waals surface area contributed by atoms with Gasteiger partial charge in [-0.2, -0.15) is 0 Å². The van der Waals surface area contributed by atoms with Gasteiger partial charge < -0.3 is 10.0 Å². The molecule has 4 rings (SSSR count). The van der Waals surface area contributed by atoms with Gasteiger partial charge in [0.15, 0.2) is 5.69 Å². The number of piperidine rings is 1. The molecule has 1 unspecified atom stereocenters. The summed E-state index contributed by atoms with van der Waals surface area (Å²) in [5.74, 6) is 0.713. The fourth-order valence-electron chi connectivity index (χ4n) is 4.20. The van der Waals surface area contributed by atoms with Gasteiger partial charge >= 0.3 is 0 Å². The van der Waals surface area contributed by atoms with Crippen LogP contribution in [0.4, 0.5) is 0 Å². The molecule has 1 atom stereocenters. The molecule has 8 heteroatoms. The Bertz CT molecular complexity index is 834. The van der Waals surface area contributed by atoms with Gasteiger partial charge in [0.25, 0.3) is 5.91 Å². The van der Waals surface area contributed by atoms with Crippen molar-refractivity contribution in [2.75, 3.05) is 26.2 Å². The molecule has 28 heavy (non-hydrogen) atoms. The average Bonchev–Trinajstić information content (AvgIpc) is 3.37. The summed E-state index contributed by atoms with van der Waals surface area (Å²) in [6.45, 7) is 4.98. The Hall–Kier alpha value is -2.12. The normalized spacial score (nSPS) is 20.6. The third kappa shape index (κ3) is 4.47. The molecule has 1 N–H and O–H groups in total. The molecule has 1 aromatic heterocycles. The number of nitrogens with zero attached hydrogens (tertiary/aromatic N) is 5. The summed E-state index contributed by atoms with van der Waals surface area (Å²) >= 11 is 6.07. The number of carbonyl (C=O) groups is 1. The Morgan fingerprint density at radius 1 is 1.21 bits per heavy atom. The minimum absolute atomic E-state index is 0.00884. The van der Waals surface area contributed by atoms with Crippen LogP contribution in [0.25, 0.3) is 0 Å². The van der Waals surface area contributed by atoms with Crippen molar-refractivity contribution in [2.45, 2.75) is 38.8 Å². The SMILES string of the molecule is O=C(c1cn(CC2CCCN(Cc3cc(Cl)ccc3O)C2)nn1)N1CCCC1. The van der Waals surface area contributed by atoms with Crippen LogP contribution in [0.15, 0.2) is 24.4 Å². The van der Waals surface area contributed by atoms with Gasteiger partial charge in [-0.1, -0.05) is 16.8 Å². The van der Waals surface area contributed by atoms with Crippen molar-refractivity contribution >= 4 is 17.5 Å². The van der Waals surface area contributed by atoms with E-state index in [9.17, 15) is 9.90 Å². The standard InChI is InChI=1S/C20H26ClN5O2/c21-17-5-6-19(27)16(10-17)13-24-7-3-4-15(11-24)12-26-14-18(22-23-26)20(28)25-8-1-2-9-25/h5-6,10,14-15,27H,1-4,7-9,11-13H2. The summed E-state index contributed by atoms with van der Waals surface area (Å²) in [7, 11) is 0. The second kappa shape index (κ2) is 8.49. The zero-order chi connectivity index (χ0) is 19.5. The number of phenolic OH excluding ortho intramolecular Hbond substituents is 1. The molecular formula is C20H26ClN5O2. The fraction of sp³-hybridized carbons (Fsp3) is 0.550. The van der Waals surface area contributed by atoms with E-state index in [2.05, 4.69) is 15.2 Å². The van der Waals surface area contributed by atoms with Gasteiger partial charge in [-0.3, -0.25) is 14.4 Å². The van der Waals surface area contributed by atoms with Crippen molar-refractivity contribution in [1.82, 2.24) is 24.8 Å². The van der Waals surface area contributed by atoms with Gasteiger partial charge in [-0.15, -0.1) is 5.10 Å². The summed E-state index contributed by atoms with van der Waals surface area (Å²) in [5, 5.41) is 19.0. The lowest BCUT2D eigenvalue weighted by atomic mass is 9.97. The summed E-state index contributed by atoms with van der Waals surface area (Å²) in [5.41, 5.74) is 1.30. The Kier molecular flexibility index (Phi) is 5.82. The van der Waals surface area contributed by atoms with E-state index in [0.717, 1.165) is 64.0 Å². The molecule has 2 aromatic rings. The van der Waals surface area contributed by atoms with Crippen molar-refractivity contribution < 1.29 is 9.90 Å². The number of phenols is 1. The van der Waals surface area contributed by atoms with Gasteiger partial charge in [-0.25, -0.2) is 0 Å². The highest BCUT2D eigenvalue weighted by Crippen LogP contribution is 2.26. The van der Waals surface area contributed by atoms with Gasteiger partial charge in [0.1, 0.15) is 5.75 Å². The van der Waals surface area contributed by atoms with Crippen LogP contribution < -0.4 is 0 Å². The first-order valence-electron chi connectivity index (χ1n) is 9.97. The van der Waals surface area contributed by atoms with E-state index in [1.165, 1.54) is 0 Å². The minimum Gasteiger partial charge on any atom is -0.508 e. The maximum atomic E-state index is 12.4. The molecule has 0 bridgehead atoms. The molecule has 0 radical (unpaired) electrons. The molecule has 1 aromatic carbocycles. The quantitative estimate of drug-likeness (QED) is 0.830. The number of hydrogen-bond donors (Lipinski definition) is 1. The minimum atomic E-state index is -0.00884. The van der Waals surface area contributed by atoms with Crippen molar-refractivity contribution in [3.8, 4) is 5.75 Å². The highest BCUT2D eigenvalue weighted by Gasteiger charge is 2.24. The largest absolute Gasteiger partial charge is 0.508 e. The number of hydrogen-bond acceptors (Lipinski definition) is 5. The van der Waals surface area contributed by atoms with E-state index in [-0.39, 0.29) is 11.7 Å². The molecule has 0 spiro atoms. The Labute approximate surface area is 169 Å². The molecule has 150 valence electrons. The molecular weight excluding hydrogens is 378 g/mol. The highest BCUT2D eigenvalue weighted by atomic mass is 35.5. The molecule has 7 nitrogen and oxygen atoms in total. The zero-order valence-electron chi connectivity index (χ0n) is 15.9. The molecule has 0 aliphatic carbocycles. The number of benzene rings is 1. The molecule has 2 fully saturated rings. The van der Waals surface area contributed by atoms with E-state index in [0.29, 0.717) is 23.2 Å². The van der Waals surface area contributed by atoms with E-state index in [1.54, 1.807) is 23.0 Å². The molecule has 3 heterocycles. The van der Waals surface area contributed by atoms with E-state index >= 15 is 0 Å². The second-order valence-electron chi connectivity index (χ2n) is 7.84. The number of halogens is 1. The van der Waals surface area contributed by atoms with Gasteiger partial charge in [0.05, 0.1) is 6.20 Å². The number of aromatic nitrogens is 3. The average molecular weight is 404 g/mol. The maximum absolute atomic E-state index is 12.4. The summed E-state index contributed by atoms with van der Waals surface area (Å²) < 4.78 is 1.80. The number of rotatable bonds is 5. The molecule has 0 saturated carbocycles. The number of carbonyl (C=O) groups excluding carboxylic acids is 1. The summed E-state index contributed by atoms with van der Waals surface area (Å²) in [6.07, 6.45) is 6.13. The Morgan fingerprint density at radius 3 is 2.86 bits per heavy atom. The molecule has 2 aliphatic heterocycles. The fourth-order valence-corrected chi connectivity index (χ4v) is 4.39. The zero-order valence-corrected chi connectivity index (χ0v) is 16.7. The van der Waals surface area contributed by atoms with Crippen LogP contribution in [-0.4, -0.2) is 62.0 Å². The van der Waals surface area contributed by atoms with Crippen LogP contribution >= 0.6 is 11.6 Å². The van der Waals surface area contributed by atoms with Crippen LogP contribution in [0.5, 0.6) is 5.75 Å². The third-order valence-electron chi connectivity index (χ3n) is 5.63. The predicted molar refractivity (Wildman–Crippen MR) is 106 cm³/mol. The molecule has 2 saturated heterocycles. The van der Waals surface area contributed by atoms with Crippen LogP contribution in [0.2, 0.25) is 5.02 Å². The predicted octanol–water partition coefficient (Wildman–Crippen LogP) is 2.79. The van der Waals surface area contributed by atoms with Crippen LogP contribution in [0, 0.1) is 5.92 Å². The lowest BCUT2D eigenvalue weighted by molar-refractivity contribution is 0.0787. The molecule has 2 aliphatic rings. The van der Waals surface area contributed by atoms with E-state index in [1.807, 2.05) is 11.0 Å². The van der Waals surface area contributed by atoms with Gasteiger partial charge in [-0.05, 0) is 56.3 Å². The lowest BCUT2D eigenvalue weighted by Gasteiger charge is -2.32. The first-order valence-corrected chi connectivity index (χ1v) is 10.4.